The lowest BCUT2D eigenvalue weighted by molar-refractivity contribution is -0.140. The van der Waals surface area contributed by atoms with Crippen LogP contribution in [-0.2, 0) is 0 Å². The number of hydrogen-bond donors (Lipinski definition) is 1. The van der Waals surface area contributed by atoms with Crippen LogP contribution in [0, 0.1) is 0 Å². The Bertz CT molecular complexity index is 307. The van der Waals surface area contributed by atoms with E-state index in [0.717, 1.165) is 4.47 Å². The number of aliphatic hydroxyl groups is 1. The van der Waals surface area contributed by atoms with Gasteiger partial charge in [-0.25, -0.2) is 0 Å². The summed E-state index contributed by atoms with van der Waals surface area (Å²) in [5, 5.41) is 9.46. The summed E-state index contributed by atoms with van der Waals surface area (Å²) < 4.78 is 36.5. The van der Waals surface area contributed by atoms with Gasteiger partial charge in [-0.2, -0.15) is 13.2 Å². The fraction of sp³-hybridized carbons (Fsp3) is 0.400. The molecule has 0 aromatic heterocycles. The van der Waals surface area contributed by atoms with Gasteiger partial charge in [0.1, 0.15) is 0 Å². The Kier molecular flexibility index (Phi) is 4.16. The van der Waals surface area contributed by atoms with Crippen LogP contribution in [0.4, 0.5) is 13.2 Å². The normalized spacial score (nSPS) is 13.9. The smallest absolute Gasteiger partial charge is 0.388 e. The van der Waals surface area contributed by atoms with Crippen molar-refractivity contribution in [2.24, 2.45) is 0 Å². The molecule has 0 fully saturated rings. The number of halogens is 4. The van der Waals surface area contributed by atoms with Crippen molar-refractivity contribution in [1.29, 1.82) is 0 Å². The maximum atomic E-state index is 11.9. The molecule has 0 saturated heterocycles. The van der Waals surface area contributed by atoms with Crippen LogP contribution in [0.5, 0.6) is 0 Å². The lowest BCUT2D eigenvalue weighted by atomic mass is 10.1. The Morgan fingerprint density at radius 3 is 2.20 bits per heavy atom. The van der Waals surface area contributed by atoms with Crippen LogP contribution in [0.2, 0.25) is 0 Å². The van der Waals surface area contributed by atoms with E-state index in [1.54, 1.807) is 24.3 Å². The lowest BCUT2D eigenvalue weighted by Gasteiger charge is -2.12. The Hall–Kier alpha value is -0.550. The van der Waals surface area contributed by atoms with Gasteiger partial charge in [0, 0.05) is 10.9 Å². The third-order valence-corrected chi connectivity index (χ3v) is 2.48. The maximum absolute atomic E-state index is 11.9. The van der Waals surface area contributed by atoms with Gasteiger partial charge in [-0.05, 0) is 24.1 Å². The molecule has 0 heterocycles. The van der Waals surface area contributed by atoms with Crippen LogP contribution in [0.25, 0.3) is 0 Å². The molecule has 84 valence electrons. The van der Waals surface area contributed by atoms with E-state index in [-0.39, 0.29) is 6.42 Å². The zero-order valence-electron chi connectivity index (χ0n) is 7.76. The molecule has 0 spiro atoms. The van der Waals surface area contributed by atoms with E-state index in [0.29, 0.717) is 5.56 Å². The molecule has 0 aliphatic rings. The Balaban J connectivity index is 2.54. The topological polar surface area (TPSA) is 20.2 Å². The predicted octanol–water partition coefficient (Wildman–Crippen LogP) is 3.83. The molecule has 0 radical (unpaired) electrons. The van der Waals surface area contributed by atoms with Crippen LogP contribution in [0.1, 0.15) is 24.5 Å². The first-order valence-electron chi connectivity index (χ1n) is 4.39. The molecule has 15 heavy (non-hydrogen) atoms. The molecule has 0 aliphatic heterocycles. The van der Waals surface area contributed by atoms with Gasteiger partial charge in [0.25, 0.3) is 0 Å². The molecule has 1 nitrogen and oxygen atoms in total. The summed E-state index contributed by atoms with van der Waals surface area (Å²) in [6.07, 6.45) is -6.54. The molecule has 0 bridgehead atoms. The number of hydrogen-bond acceptors (Lipinski definition) is 1. The first-order chi connectivity index (χ1) is 6.88. The molecule has 0 amide bonds. The minimum Gasteiger partial charge on any atom is -0.388 e. The highest BCUT2D eigenvalue weighted by Gasteiger charge is 2.28. The van der Waals surface area contributed by atoms with Gasteiger partial charge in [-0.15, -0.1) is 0 Å². The SMILES string of the molecule is OC(CCC(F)(F)F)c1ccc(Br)cc1. The highest BCUT2D eigenvalue weighted by Crippen LogP contribution is 2.27. The van der Waals surface area contributed by atoms with Gasteiger partial charge in [0.2, 0.25) is 0 Å². The fourth-order valence-corrected chi connectivity index (χ4v) is 1.42. The van der Waals surface area contributed by atoms with E-state index in [1.807, 2.05) is 0 Å². The quantitative estimate of drug-likeness (QED) is 0.894. The number of alkyl halides is 3. The summed E-state index contributed by atoms with van der Waals surface area (Å²) in [7, 11) is 0. The standard InChI is InChI=1S/C10H10BrF3O/c11-8-3-1-7(2-4-8)9(15)5-6-10(12,13)14/h1-4,9,15H,5-6H2. The number of aliphatic hydroxyl groups excluding tert-OH is 1. The third kappa shape index (κ3) is 4.66. The summed E-state index contributed by atoms with van der Waals surface area (Å²) in [5.41, 5.74) is 0.502. The second kappa shape index (κ2) is 4.99. The van der Waals surface area contributed by atoms with E-state index in [1.165, 1.54) is 0 Å². The van der Waals surface area contributed by atoms with Crippen LogP contribution in [0.3, 0.4) is 0 Å². The van der Waals surface area contributed by atoms with Crippen molar-refractivity contribution in [2.75, 3.05) is 0 Å². The monoisotopic (exact) mass is 282 g/mol. The van der Waals surface area contributed by atoms with E-state index < -0.39 is 18.7 Å². The van der Waals surface area contributed by atoms with Gasteiger partial charge < -0.3 is 5.11 Å². The molecule has 5 heteroatoms. The second-order valence-electron chi connectivity index (χ2n) is 3.22. The molecule has 0 saturated carbocycles. The molecule has 1 aromatic carbocycles. The van der Waals surface area contributed by atoms with Gasteiger partial charge in [0.05, 0.1) is 6.10 Å². The van der Waals surface area contributed by atoms with Crippen molar-refractivity contribution in [1.82, 2.24) is 0 Å². The maximum Gasteiger partial charge on any atom is 0.389 e. The molecule has 1 atom stereocenters. The molecule has 1 unspecified atom stereocenters. The van der Waals surface area contributed by atoms with Crippen molar-refractivity contribution in [3.63, 3.8) is 0 Å². The Morgan fingerprint density at radius 2 is 1.73 bits per heavy atom. The molecular weight excluding hydrogens is 273 g/mol. The molecule has 1 rings (SSSR count). The van der Waals surface area contributed by atoms with Crippen molar-refractivity contribution in [2.45, 2.75) is 25.1 Å². The third-order valence-electron chi connectivity index (χ3n) is 1.96. The van der Waals surface area contributed by atoms with Crippen molar-refractivity contribution in [3.8, 4) is 0 Å². The van der Waals surface area contributed by atoms with E-state index in [2.05, 4.69) is 15.9 Å². The lowest BCUT2D eigenvalue weighted by Crippen LogP contribution is -2.09. The average Bonchev–Trinajstić information content (AvgIpc) is 2.14. The molecule has 1 aromatic rings. The molecular formula is C10H10BrF3O. The average molecular weight is 283 g/mol. The first kappa shape index (κ1) is 12.5. The van der Waals surface area contributed by atoms with E-state index >= 15 is 0 Å². The minimum absolute atomic E-state index is 0.300. The molecule has 1 N–H and O–H groups in total. The van der Waals surface area contributed by atoms with Crippen molar-refractivity contribution >= 4 is 15.9 Å². The highest BCUT2D eigenvalue weighted by atomic mass is 79.9. The largest absolute Gasteiger partial charge is 0.389 e. The van der Waals surface area contributed by atoms with Crippen molar-refractivity contribution < 1.29 is 18.3 Å². The van der Waals surface area contributed by atoms with E-state index in [4.69, 9.17) is 0 Å². The zero-order valence-corrected chi connectivity index (χ0v) is 9.35. The predicted molar refractivity (Wildman–Crippen MR) is 54.4 cm³/mol. The van der Waals surface area contributed by atoms with Gasteiger partial charge >= 0.3 is 6.18 Å². The highest BCUT2D eigenvalue weighted by molar-refractivity contribution is 9.10. The first-order valence-corrected chi connectivity index (χ1v) is 5.18. The van der Waals surface area contributed by atoms with Crippen LogP contribution >= 0.6 is 15.9 Å². The second-order valence-corrected chi connectivity index (χ2v) is 4.14. The zero-order chi connectivity index (χ0) is 11.5. The summed E-state index contributed by atoms with van der Waals surface area (Å²) >= 11 is 3.20. The summed E-state index contributed by atoms with van der Waals surface area (Å²) in [5.74, 6) is 0. The summed E-state index contributed by atoms with van der Waals surface area (Å²) in [6, 6.07) is 6.58. The van der Waals surface area contributed by atoms with E-state index in [9.17, 15) is 18.3 Å². The Morgan fingerprint density at radius 1 is 1.20 bits per heavy atom. The summed E-state index contributed by atoms with van der Waals surface area (Å²) in [4.78, 5) is 0. The number of benzene rings is 1. The van der Waals surface area contributed by atoms with Gasteiger partial charge in [0.15, 0.2) is 0 Å². The van der Waals surface area contributed by atoms with Crippen LogP contribution in [0.15, 0.2) is 28.7 Å². The summed E-state index contributed by atoms with van der Waals surface area (Å²) in [6.45, 7) is 0. The van der Waals surface area contributed by atoms with Gasteiger partial charge in [-0.1, -0.05) is 28.1 Å². The van der Waals surface area contributed by atoms with Crippen LogP contribution < -0.4 is 0 Å². The Labute approximate surface area is 94.0 Å². The minimum atomic E-state index is -4.21. The van der Waals surface area contributed by atoms with Crippen LogP contribution in [-0.4, -0.2) is 11.3 Å². The molecule has 0 aliphatic carbocycles. The number of rotatable bonds is 3. The van der Waals surface area contributed by atoms with Crippen molar-refractivity contribution in [3.05, 3.63) is 34.3 Å². The van der Waals surface area contributed by atoms with Gasteiger partial charge in [-0.3, -0.25) is 0 Å². The fourth-order valence-electron chi connectivity index (χ4n) is 1.15.